The van der Waals surface area contributed by atoms with Crippen LogP contribution in [0.4, 0.5) is 0 Å². The summed E-state index contributed by atoms with van der Waals surface area (Å²) in [4.78, 5) is 2.08. The maximum Gasteiger partial charge on any atom is 0.230 e. The third-order valence-electron chi connectivity index (χ3n) is 4.63. The molecule has 24 heavy (non-hydrogen) atoms. The van der Waals surface area contributed by atoms with Crippen LogP contribution >= 0.6 is 0 Å². The molecular weight excluding hydrogens is 310 g/mol. The molecule has 0 bridgehead atoms. The summed E-state index contributed by atoms with van der Waals surface area (Å²) in [5.41, 5.74) is 1.75. The first-order chi connectivity index (χ1) is 11.7. The number of fused-ring (bicyclic) bond motifs is 1. The van der Waals surface area contributed by atoms with Gasteiger partial charge in [-0.25, -0.2) is 0 Å². The topological polar surface area (TPSA) is 80.9 Å². The van der Waals surface area contributed by atoms with E-state index < -0.39 is 6.10 Å². The van der Waals surface area contributed by atoms with Crippen LogP contribution in [0.25, 0.3) is 0 Å². The number of methoxy groups -OCH3 is 2. The Kier molecular flexibility index (Phi) is 3.90. The average Bonchev–Trinajstić information content (AvgIpc) is 3.34. The Labute approximate surface area is 140 Å². The molecule has 7 nitrogen and oxygen atoms in total. The van der Waals surface area contributed by atoms with Crippen molar-refractivity contribution in [1.29, 1.82) is 0 Å². The molecule has 2 heterocycles. The third kappa shape index (κ3) is 2.74. The fraction of sp³-hybridized carbons (Fsp3) is 0.529. The Balaban J connectivity index is 1.57. The number of ether oxygens (including phenoxy) is 2. The van der Waals surface area contributed by atoms with E-state index in [1.54, 1.807) is 14.2 Å². The normalized spacial score (nSPS) is 20.7. The minimum absolute atomic E-state index is 0.447. The van der Waals surface area contributed by atoms with Gasteiger partial charge in [0.25, 0.3) is 0 Å². The molecule has 1 saturated carbocycles. The molecule has 1 fully saturated rings. The van der Waals surface area contributed by atoms with Gasteiger partial charge in [-0.15, -0.1) is 10.2 Å². The van der Waals surface area contributed by atoms with Crippen molar-refractivity contribution in [3.8, 4) is 11.5 Å². The molecule has 1 aromatic heterocycles. The van der Waals surface area contributed by atoms with Crippen molar-refractivity contribution < 1.29 is 19.0 Å². The van der Waals surface area contributed by atoms with Crippen LogP contribution < -0.4 is 9.47 Å². The average molecular weight is 331 g/mol. The smallest absolute Gasteiger partial charge is 0.230 e. The molecule has 0 spiro atoms. The number of benzene rings is 1. The highest BCUT2D eigenvalue weighted by molar-refractivity contribution is 5.51. The lowest BCUT2D eigenvalue weighted by Gasteiger charge is -2.33. The van der Waals surface area contributed by atoms with E-state index in [1.807, 2.05) is 12.1 Å². The predicted molar refractivity (Wildman–Crippen MR) is 84.9 cm³/mol. The van der Waals surface area contributed by atoms with Gasteiger partial charge in [-0.3, -0.25) is 4.90 Å². The zero-order valence-electron chi connectivity index (χ0n) is 13.9. The summed E-state index contributed by atoms with van der Waals surface area (Å²) in [5.74, 6) is 3.21. The van der Waals surface area contributed by atoms with Crippen LogP contribution in [0.5, 0.6) is 11.5 Å². The summed E-state index contributed by atoms with van der Waals surface area (Å²) in [7, 11) is 3.24. The quantitative estimate of drug-likeness (QED) is 0.897. The standard InChI is InChI=1S/C17H21N3O4/c1-22-13-5-6-14(23-2)16-11(13)7-20(8-12(16)21)9-15-18-19-17(24-15)10-3-4-10/h5-6,10,12,21H,3-4,7-9H2,1-2H3/t12-/m0/s1. The van der Waals surface area contributed by atoms with Crippen LogP contribution in [0, 0.1) is 0 Å². The molecule has 7 heteroatoms. The Bertz CT molecular complexity index is 741. The van der Waals surface area contributed by atoms with Crippen molar-refractivity contribution in [2.45, 2.75) is 38.0 Å². The number of aromatic nitrogens is 2. The van der Waals surface area contributed by atoms with Gasteiger partial charge in [0.1, 0.15) is 11.5 Å². The molecule has 128 valence electrons. The summed E-state index contributed by atoms with van der Waals surface area (Å²) in [6.07, 6.45) is 1.62. The zero-order valence-corrected chi connectivity index (χ0v) is 13.9. The summed E-state index contributed by atoms with van der Waals surface area (Å²) in [5, 5.41) is 18.9. The van der Waals surface area contributed by atoms with Crippen molar-refractivity contribution in [3.63, 3.8) is 0 Å². The van der Waals surface area contributed by atoms with Crippen molar-refractivity contribution in [2.75, 3.05) is 20.8 Å². The number of hydrogen-bond donors (Lipinski definition) is 1. The SMILES string of the molecule is COc1ccc(OC)c2c1CN(Cc1nnc(C3CC3)o1)C[C@@H]2O. The highest BCUT2D eigenvalue weighted by Gasteiger charge is 2.32. The summed E-state index contributed by atoms with van der Waals surface area (Å²) >= 11 is 0. The molecule has 0 amide bonds. The largest absolute Gasteiger partial charge is 0.496 e. The van der Waals surface area contributed by atoms with Crippen LogP contribution in [-0.2, 0) is 13.1 Å². The zero-order chi connectivity index (χ0) is 16.7. The van der Waals surface area contributed by atoms with E-state index in [2.05, 4.69) is 15.1 Å². The van der Waals surface area contributed by atoms with Gasteiger partial charge in [0, 0.05) is 30.1 Å². The highest BCUT2D eigenvalue weighted by atomic mass is 16.5. The minimum Gasteiger partial charge on any atom is -0.496 e. The van der Waals surface area contributed by atoms with Crippen molar-refractivity contribution in [1.82, 2.24) is 15.1 Å². The lowest BCUT2D eigenvalue weighted by molar-refractivity contribution is 0.0790. The van der Waals surface area contributed by atoms with Gasteiger partial charge in [0.2, 0.25) is 11.8 Å². The first kappa shape index (κ1) is 15.4. The maximum atomic E-state index is 10.6. The van der Waals surface area contributed by atoms with E-state index in [9.17, 15) is 5.11 Å². The number of β-amino-alcohol motifs (C(OH)–C–C–N with tert-alkyl or cyclic N) is 1. The van der Waals surface area contributed by atoms with E-state index in [0.29, 0.717) is 37.2 Å². The van der Waals surface area contributed by atoms with Gasteiger partial charge in [0.15, 0.2) is 0 Å². The second kappa shape index (κ2) is 6.07. The van der Waals surface area contributed by atoms with E-state index >= 15 is 0 Å². The summed E-state index contributed by atoms with van der Waals surface area (Å²) in [6.45, 7) is 1.63. The van der Waals surface area contributed by atoms with Crippen molar-refractivity contribution in [2.24, 2.45) is 0 Å². The number of nitrogens with zero attached hydrogens (tertiary/aromatic N) is 3. The van der Waals surface area contributed by atoms with Crippen molar-refractivity contribution >= 4 is 0 Å². The van der Waals surface area contributed by atoms with Crippen LogP contribution in [0.2, 0.25) is 0 Å². The monoisotopic (exact) mass is 331 g/mol. The molecule has 0 saturated heterocycles. The Hall–Kier alpha value is -2.12. The first-order valence-corrected chi connectivity index (χ1v) is 8.16. The second-order valence-corrected chi connectivity index (χ2v) is 6.36. The minimum atomic E-state index is -0.648. The molecular formula is C17H21N3O4. The molecule has 4 rings (SSSR count). The van der Waals surface area contributed by atoms with E-state index in [-0.39, 0.29) is 0 Å². The van der Waals surface area contributed by atoms with Crippen LogP contribution in [0.3, 0.4) is 0 Å². The molecule has 0 unspecified atom stereocenters. The van der Waals surface area contributed by atoms with E-state index in [4.69, 9.17) is 13.9 Å². The van der Waals surface area contributed by atoms with E-state index in [1.165, 1.54) is 0 Å². The molecule has 1 aliphatic heterocycles. The highest BCUT2D eigenvalue weighted by Crippen LogP contribution is 2.41. The van der Waals surface area contributed by atoms with Gasteiger partial charge in [-0.05, 0) is 25.0 Å². The molecule has 1 atom stereocenters. The van der Waals surface area contributed by atoms with Gasteiger partial charge in [-0.1, -0.05) is 0 Å². The Morgan fingerprint density at radius 3 is 2.67 bits per heavy atom. The molecule has 1 aliphatic carbocycles. The fourth-order valence-corrected chi connectivity index (χ4v) is 3.28. The Morgan fingerprint density at radius 2 is 1.96 bits per heavy atom. The molecule has 0 radical (unpaired) electrons. The molecule has 1 aromatic carbocycles. The summed E-state index contributed by atoms with van der Waals surface area (Å²) < 4.78 is 16.6. The Morgan fingerprint density at radius 1 is 1.21 bits per heavy atom. The fourth-order valence-electron chi connectivity index (χ4n) is 3.28. The second-order valence-electron chi connectivity index (χ2n) is 6.36. The summed E-state index contributed by atoms with van der Waals surface area (Å²) in [6, 6.07) is 3.70. The lowest BCUT2D eigenvalue weighted by Crippen LogP contribution is -2.33. The molecule has 2 aromatic rings. The first-order valence-electron chi connectivity index (χ1n) is 8.16. The van der Waals surface area contributed by atoms with Crippen LogP contribution in [0.1, 0.15) is 47.8 Å². The van der Waals surface area contributed by atoms with Crippen molar-refractivity contribution in [3.05, 3.63) is 35.0 Å². The van der Waals surface area contributed by atoms with Gasteiger partial charge in [-0.2, -0.15) is 0 Å². The van der Waals surface area contributed by atoms with Gasteiger partial charge < -0.3 is 19.0 Å². The van der Waals surface area contributed by atoms with Gasteiger partial charge >= 0.3 is 0 Å². The number of aliphatic hydroxyl groups excluding tert-OH is 1. The molecule has 1 N–H and O–H groups in total. The third-order valence-corrected chi connectivity index (χ3v) is 4.63. The number of hydrogen-bond acceptors (Lipinski definition) is 7. The molecule has 2 aliphatic rings. The van der Waals surface area contributed by atoms with Crippen LogP contribution in [-0.4, -0.2) is 41.0 Å². The number of rotatable bonds is 5. The lowest BCUT2D eigenvalue weighted by atomic mass is 9.95. The van der Waals surface area contributed by atoms with Crippen LogP contribution in [0.15, 0.2) is 16.5 Å². The predicted octanol–water partition coefficient (Wildman–Crippen LogP) is 2.01. The van der Waals surface area contributed by atoms with Gasteiger partial charge in [0.05, 0.1) is 26.9 Å². The maximum absolute atomic E-state index is 10.6. The van der Waals surface area contributed by atoms with E-state index in [0.717, 1.165) is 35.6 Å². The number of aliphatic hydroxyl groups is 1.